The van der Waals surface area contributed by atoms with Gasteiger partial charge in [0.05, 0.1) is 0 Å². The fourth-order valence-corrected chi connectivity index (χ4v) is 3.22. The van der Waals surface area contributed by atoms with Crippen LogP contribution < -0.4 is 0 Å². The first-order chi connectivity index (χ1) is 5.17. The molecule has 1 unspecified atom stereocenters. The summed E-state index contributed by atoms with van der Waals surface area (Å²) in [6.45, 7) is 3.36. The molecule has 0 amide bonds. The molecule has 0 aliphatic rings. The molecule has 2 nitrogen and oxygen atoms in total. The molecule has 1 atom stereocenters. The van der Waals surface area contributed by atoms with E-state index in [1.165, 1.54) is 0 Å². The second-order valence-electron chi connectivity index (χ2n) is 2.69. The largest absolute Gasteiger partial charge is 0.500 e. The minimum Gasteiger partial charge on any atom is -0.216 e. The highest BCUT2D eigenvalue weighted by Crippen LogP contribution is 2.37. The van der Waals surface area contributed by atoms with Crippen LogP contribution in [0.3, 0.4) is 0 Å². The minimum atomic E-state index is -5.08. The SMILES string of the molecule is CC(C)CPS(=O)(=O)C(F)(F)F. The standard InChI is InChI=1S/C5H10F3O2PS/c1-4(2)3-11-12(9,10)5(6,7)8/h4,11H,3H2,1-2H3. The van der Waals surface area contributed by atoms with Crippen LogP contribution in [-0.4, -0.2) is 20.1 Å². The third-order valence-electron chi connectivity index (χ3n) is 0.986. The van der Waals surface area contributed by atoms with Crippen LogP contribution in [0.15, 0.2) is 0 Å². The van der Waals surface area contributed by atoms with Gasteiger partial charge in [-0.15, -0.1) is 0 Å². The van der Waals surface area contributed by atoms with Crippen molar-refractivity contribution in [3.05, 3.63) is 0 Å². The molecule has 0 saturated carbocycles. The lowest BCUT2D eigenvalue weighted by atomic mass is 10.3. The highest BCUT2D eigenvalue weighted by molar-refractivity contribution is 8.44. The summed E-state index contributed by atoms with van der Waals surface area (Å²) in [6, 6.07) is 0. The van der Waals surface area contributed by atoms with Gasteiger partial charge in [0.2, 0.25) is 0 Å². The van der Waals surface area contributed by atoms with Crippen molar-refractivity contribution in [2.75, 3.05) is 6.16 Å². The fraction of sp³-hybridized carbons (Fsp3) is 1.00. The molecule has 0 rings (SSSR count). The predicted octanol–water partition coefficient (Wildman–Crippen LogP) is 2.17. The van der Waals surface area contributed by atoms with Gasteiger partial charge in [0.1, 0.15) is 0 Å². The third-order valence-corrected chi connectivity index (χ3v) is 5.29. The van der Waals surface area contributed by atoms with Gasteiger partial charge in [0.25, 0.3) is 9.46 Å². The second-order valence-corrected chi connectivity index (χ2v) is 7.34. The lowest BCUT2D eigenvalue weighted by Crippen LogP contribution is -2.19. The molecule has 0 bridgehead atoms. The van der Waals surface area contributed by atoms with Gasteiger partial charge >= 0.3 is 5.51 Å². The van der Waals surface area contributed by atoms with Crippen molar-refractivity contribution >= 4 is 17.2 Å². The number of hydrogen-bond donors (Lipinski definition) is 0. The van der Waals surface area contributed by atoms with Gasteiger partial charge in [-0.3, -0.25) is 0 Å². The maximum absolute atomic E-state index is 11.7. The van der Waals surface area contributed by atoms with Gasteiger partial charge in [-0.25, -0.2) is 8.42 Å². The summed E-state index contributed by atoms with van der Waals surface area (Å²) in [4.78, 5) is 0. The molecule has 12 heavy (non-hydrogen) atoms. The molecule has 0 aliphatic carbocycles. The zero-order valence-corrected chi connectivity index (χ0v) is 8.46. The van der Waals surface area contributed by atoms with Gasteiger partial charge in [0.15, 0.2) is 0 Å². The van der Waals surface area contributed by atoms with Crippen molar-refractivity contribution in [2.45, 2.75) is 19.4 Å². The summed E-state index contributed by atoms with van der Waals surface area (Å²) in [6.07, 6.45) is 0.0713. The highest BCUT2D eigenvalue weighted by Gasteiger charge is 2.44. The van der Waals surface area contributed by atoms with Crippen molar-refractivity contribution in [3.8, 4) is 0 Å². The van der Waals surface area contributed by atoms with E-state index in [9.17, 15) is 21.6 Å². The van der Waals surface area contributed by atoms with Crippen molar-refractivity contribution in [3.63, 3.8) is 0 Å². The normalized spacial score (nSPS) is 14.8. The Hall–Kier alpha value is 0.170. The molecule has 74 valence electrons. The number of alkyl halides is 3. The van der Waals surface area contributed by atoms with E-state index in [0.29, 0.717) is 0 Å². The van der Waals surface area contributed by atoms with E-state index in [1.807, 2.05) is 0 Å². The quantitative estimate of drug-likeness (QED) is 0.686. The predicted molar refractivity (Wildman–Crippen MR) is 43.0 cm³/mol. The molecule has 7 heteroatoms. The third kappa shape index (κ3) is 3.72. The van der Waals surface area contributed by atoms with Crippen LogP contribution in [0.2, 0.25) is 0 Å². The number of hydrogen-bond acceptors (Lipinski definition) is 2. The monoisotopic (exact) mass is 222 g/mol. The Morgan fingerprint density at radius 2 is 1.75 bits per heavy atom. The summed E-state index contributed by atoms with van der Waals surface area (Å²) in [5.74, 6) is -0.0274. The molecule has 0 aromatic carbocycles. The van der Waals surface area contributed by atoms with Crippen LogP contribution in [0.1, 0.15) is 13.8 Å². The van der Waals surface area contributed by atoms with Crippen LogP contribution in [0.4, 0.5) is 13.2 Å². The van der Waals surface area contributed by atoms with Crippen molar-refractivity contribution < 1.29 is 21.6 Å². The van der Waals surface area contributed by atoms with E-state index in [2.05, 4.69) is 0 Å². The zero-order valence-electron chi connectivity index (χ0n) is 6.64. The average Bonchev–Trinajstić information content (AvgIpc) is 1.81. The summed E-state index contributed by atoms with van der Waals surface area (Å²) in [7, 11) is -5.93. The molecule has 0 spiro atoms. The second kappa shape index (κ2) is 3.92. The Kier molecular flexibility index (Phi) is 3.97. The Bertz CT molecular complexity index is 232. The Morgan fingerprint density at radius 1 is 1.33 bits per heavy atom. The summed E-state index contributed by atoms with van der Waals surface area (Å²) in [5, 5.41) is 0. The Morgan fingerprint density at radius 3 is 2.00 bits per heavy atom. The van der Waals surface area contributed by atoms with Crippen LogP contribution in [0, 0.1) is 5.92 Å². The maximum atomic E-state index is 11.7. The van der Waals surface area contributed by atoms with Gasteiger partial charge in [-0.2, -0.15) is 13.2 Å². The lowest BCUT2D eigenvalue weighted by molar-refractivity contribution is -0.0411. The fourth-order valence-electron chi connectivity index (χ4n) is 0.358. The van der Waals surface area contributed by atoms with Crippen LogP contribution in [0.5, 0.6) is 0 Å². The molecule has 0 aromatic heterocycles. The van der Waals surface area contributed by atoms with Crippen LogP contribution in [-0.2, 0) is 9.46 Å². The highest BCUT2D eigenvalue weighted by atomic mass is 32.8. The van der Waals surface area contributed by atoms with Crippen LogP contribution >= 0.6 is 7.78 Å². The minimum absolute atomic E-state index is 0.0274. The van der Waals surface area contributed by atoms with E-state index in [4.69, 9.17) is 0 Å². The van der Waals surface area contributed by atoms with E-state index >= 15 is 0 Å². The topological polar surface area (TPSA) is 34.1 Å². The van der Waals surface area contributed by atoms with E-state index in [0.717, 1.165) is 0 Å². The van der Waals surface area contributed by atoms with E-state index in [1.54, 1.807) is 13.8 Å². The molecule has 0 saturated heterocycles. The first-order valence-corrected chi connectivity index (χ1v) is 6.64. The van der Waals surface area contributed by atoms with E-state index in [-0.39, 0.29) is 12.1 Å². The summed E-state index contributed by atoms with van der Waals surface area (Å²) in [5.41, 5.74) is -5.08. The van der Waals surface area contributed by atoms with Crippen molar-refractivity contribution in [1.82, 2.24) is 0 Å². The summed E-state index contributed by atoms with van der Waals surface area (Å²) >= 11 is 0. The first kappa shape index (κ1) is 12.2. The van der Waals surface area contributed by atoms with Crippen molar-refractivity contribution in [2.24, 2.45) is 5.92 Å². The molecule has 0 heterocycles. The average molecular weight is 222 g/mol. The van der Waals surface area contributed by atoms with Gasteiger partial charge in [-0.05, 0) is 12.1 Å². The van der Waals surface area contributed by atoms with Gasteiger partial charge < -0.3 is 0 Å². The molecule has 0 aromatic rings. The molecule has 0 fully saturated rings. The smallest absolute Gasteiger partial charge is 0.216 e. The molecule has 0 N–H and O–H groups in total. The van der Waals surface area contributed by atoms with E-state index < -0.39 is 22.7 Å². The molecule has 0 aliphatic heterocycles. The molecular weight excluding hydrogens is 212 g/mol. The lowest BCUT2D eigenvalue weighted by Gasteiger charge is -2.08. The Balaban J connectivity index is 4.27. The summed E-state index contributed by atoms with van der Waals surface area (Å²) < 4.78 is 56.0. The van der Waals surface area contributed by atoms with Crippen LogP contribution in [0.25, 0.3) is 0 Å². The van der Waals surface area contributed by atoms with Crippen molar-refractivity contribution in [1.29, 1.82) is 0 Å². The zero-order chi connectivity index (χ0) is 9.99. The number of rotatable bonds is 3. The Labute approximate surface area is 71.0 Å². The number of halogens is 3. The van der Waals surface area contributed by atoms with Gasteiger partial charge in [-0.1, -0.05) is 13.8 Å². The maximum Gasteiger partial charge on any atom is 0.500 e. The molecule has 0 radical (unpaired) electrons. The molecular formula is C5H10F3O2PS. The first-order valence-electron chi connectivity index (χ1n) is 3.23. The van der Waals surface area contributed by atoms with Gasteiger partial charge in [0, 0.05) is 7.78 Å².